The lowest BCUT2D eigenvalue weighted by atomic mass is 9.68. The average molecular weight is 260 g/mol. The zero-order valence-electron chi connectivity index (χ0n) is 10.1. The highest BCUT2D eigenvalue weighted by molar-refractivity contribution is 6.20. The van der Waals surface area contributed by atoms with E-state index in [0.717, 1.165) is 11.3 Å². The molecule has 98 valence electrons. The molecular formula is C13H12N2O4. The van der Waals surface area contributed by atoms with Crippen LogP contribution in [0.3, 0.4) is 0 Å². The molecule has 0 bridgehead atoms. The van der Waals surface area contributed by atoms with Gasteiger partial charge in [-0.3, -0.25) is 24.3 Å². The molecule has 1 fully saturated rings. The summed E-state index contributed by atoms with van der Waals surface area (Å²) in [4.78, 5) is 40.4. The third-order valence-electron chi connectivity index (χ3n) is 3.96. The molecule has 1 aromatic heterocycles. The summed E-state index contributed by atoms with van der Waals surface area (Å²) in [5.74, 6) is -1.88. The lowest BCUT2D eigenvalue weighted by Crippen LogP contribution is -2.49. The van der Waals surface area contributed by atoms with Gasteiger partial charge in [0.05, 0.1) is 11.0 Å². The van der Waals surface area contributed by atoms with Crippen molar-refractivity contribution in [2.45, 2.75) is 19.3 Å². The monoisotopic (exact) mass is 260 g/mol. The number of amides is 2. The number of nitrogens with zero attached hydrogens (tertiary/aromatic N) is 2. The van der Waals surface area contributed by atoms with Crippen molar-refractivity contribution in [1.29, 1.82) is 0 Å². The molecule has 1 aliphatic carbocycles. The Kier molecular flexibility index (Phi) is 2.41. The summed E-state index contributed by atoms with van der Waals surface area (Å²) in [5, 5.41) is 9.27. The van der Waals surface area contributed by atoms with Gasteiger partial charge in [-0.1, -0.05) is 6.42 Å². The Bertz CT molecular complexity index is 557. The van der Waals surface area contributed by atoms with E-state index in [1.54, 1.807) is 6.07 Å². The van der Waals surface area contributed by atoms with E-state index in [-0.39, 0.29) is 17.8 Å². The van der Waals surface area contributed by atoms with Gasteiger partial charge in [0, 0.05) is 12.7 Å². The minimum absolute atomic E-state index is 0.0592. The number of hydrogen-bond donors (Lipinski definition) is 1. The van der Waals surface area contributed by atoms with Gasteiger partial charge in [-0.05, 0) is 25.0 Å². The Morgan fingerprint density at radius 2 is 2.11 bits per heavy atom. The zero-order valence-corrected chi connectivity index (χ0v) is 10.1. The molecular weight excluding hydrogens is 248 g/mol. The van der Waals surface area contributed by atoms with Crippen LogP contribution < -0.4 is 0 Å². The number of rotatable bonds is 3. The van der Waals surface area contributed by atoms with Crippen molar-refractivity contribution >= 4 is 17.8 Å². The normalized spacial score (nSPS) is 20.1. The van der Waals surface area contributed by atoms with Gasteiger partial charge in [-0.15, -0.1) is 0 Å². The molecule has 0 aromatic carbocycles. The molecule has 6 heteroatoms. The molecule has 2 amide bonds. The van der Waals surface area contributed by atoms with Crippen LogP contribution in [-0.4, -0.2) is 39.3 Å². The number of carboxylic acids is 1. The molecule has 19 heavy (non-hydrogen) atoms. The Morgan fingerprint density at radius 1 is 1.37 bits per heavy atom. The summed E-state index contributed by atoms with van der Waals surface area (Å²) in [6, 6.07) is 3.13. The van der Waals surface area contributed by atoms with E-state index in [0.29, 0.717) is 12.8 Å². The predicted molar refractivity (Wildman–Crippen MR) is 63.5 cm³/mol. The molecule has 1 aliphatic heterocycles. The maximum Gasteiger partial charge on any atom is 0.311 e. The van der Waals surface area contributed by atoms with Crippen molar-refractivity contribution in [2.24, 2.45) is 5.41 Å². The van der Waals surface area contributed by atoms with Crippen LogP contribution >= 0.6 is 0 Å². The number of carbonyl (C=O) groups excluding carboxylic acids is 2. The average Bonchev–Trinajstić information content (AvgIpc) is 2.58. The number of imide groups is 1. The maximum atomic E-state index is 12.1. The number of aliphatic carboxylic acids is 1. The van der Waals surface area contributed by atoms with Crippen LogP contribution in [0.15, 0.2) is 18.3 Å². The molecule has 1 aromatic rings. The third kappa shape index (κ3) is 1.56. The van der Waals surface area contributed by atoms with Crippen molar-refractivity contribution in [1.82, 2.24) is 9.88 Å². The minimum Gasteiger partial charge on any atom is -0.481 e. The van der Waals surface area contributed by atoms with Crippen molar-refractivity contribution in [3.63, 3.8) is 0 Å². The van der Waals surface area contributed by atoms with E-state index in [9.17, 15) is 19.5 Å². The van der Waals surface area contributed by atoms with Gasteiger partial charge in [-0.25, -0.2) is 0 Å². The van der Waals surface area contributed by atoms with E-state index in [2.05, 4.69) is 4.98 Å². The number of hydrogen-bond acceptors (Lipinski definition) is 4. The lowest BCUT2D eigenvalue weighted by Gasteiger charge is -2.39. The Labute approximate surface area is 109 Å². The number of carbonyl (C=O) groups is 3. The van der Waals surface area contributed by atoms with Gasteiger partial charge < -0.3 is 5.11 Å². The van der Waals surface area contributed by atoms with Crippen LogP contribution in [0.5, 0.6) is 0 Å². The zero-order chi connectivity index (χ0) is 13.6. The van der Waals surface area contributed by atoms with Crippen molar-refractivity contribution in [3.05, 3.63) is 29.6 Å². The molecule has 1 N–H and O–H groups in total. The second-order valence-electron chi connectivity index (χ2n) is 5.04. The highest BCUT2D eigenvalue weighted by Gasteiger charge is 2.49. The quantitative estimate of drug-likeness (QED) is 0.817. The number of pyridine rings is 1. The largest absolute Gasteiger partial charge is 0.481 e. The first kappa shape index (κ1) is 11.8. The van der Waals surface area contributed by atoms with Crippen molar-refractivity contribution < 1.29 is 19.5 Å². The molecule has 2 heterocycles. The first-order chi connectivity index (χ1) is 9.05. The Hall–Kier alpha value is -2.24. The third-order valence-corrected chi connectivity index (χ3v) is 3.96. The van der Waals surface area contributed by atoms with Gasteiger partial charge in [0.1, 0.15) is 5.69 Å². The SMILES string of the molecule is O=C1c2cccnc2C(=O)N1CC1(C(=O)O)CCC1. The van der Waals surface area contributed by atoms with Crippen molar-refractivity contribution in [2.75, 3.05) is 6.54 Å². The van der Waals surface area contributed by atoms with Gasteiger partial charge in [0.2, 0.25) is 0 Å². The standard InChI is InChI=1S/C13H12N2O4/c16-10-8-3-1-6-14-9(8)11(17)15(10)7-13(12(18)19)4-2-5-13/h1,3,6H,2,4-5,7H2,(H,18,19). The molecule has 6 nitrogen and oxygen atoms in total. The number of fused-ring (bicyclic) bond motifs is 1. The molecule has 0 radical (unpaired) electrons. The van der Waals surface area contributed by atoms with Crippen LogP contribution in [0.1, 0.15) is 40.1 Å². The summed E-state index contributed by atoms with van der Waals surface area (Å²) in [7, 11) is 0. The predicted octanol–water partition coefficient (Wildman–Crippen LogP) is 0.933. The number of carboxylic acid groups (broad SMARTS) is 1. The molecule has 0 spiro atoms. The lowest BCUT2D eigenvalue weighted by molar-refractivity contribution is -0.155. The summed E-state index contributed by atoms with van der Waals surface area (Å²) in [6.07, 6.45) is 3.27. The molecule has 0 saturated heterocycles. The summed E-state index contributed by atoms with van der Waals surface area (Å²) in [6.45, 7) is -0.0592. The van der Waals surface area contributed by atoms with Crippen LogP contribution in [0.4, 0.5) is 0 Å². The van der Waals surface area contributed by atoms with Crippen molar-refractivity contribution in [3.8, 4) is 0 Å². The second kappa shape index (κ2) is 3.88. The Balaban J connectivity index is 1.91. The highest BCUT2D eigenvalue weighted by atomic mass is 16.4. The molecule has 1 saturated carbocycles. The fourth-order valence-electron chi connectivity index (χ4n) is 2.60. The van der Waals surface area contributed by atoms with Crippen LogP contribution in [0.25, 0.3) is 0 Å². The van der Waals surface area contributed by atoms with Gasteiger partial charge in [0.25, 0.3) is 11.8 Å². The number of aromatic nitrogens is 1. The molecule has 0 unspecified atom stereocenters. The summed E-state index contributed by atoms with van der Waals surface area (Å²) < 4.78 is 0. The van der Waals surface area contributed by atoms with E-state index >= 15 is 0 Å². The van der Waals surface area contributed by atoms with Gasteiger partial charge in [-0.2, -0.15) is 0 Å². The fourth-order valence-corrected chi connectivity index (χ4v) is 2.60. The van der Waals surface area contributed by atoms with Crippen LogP contribution in [0, 0.1) is 5.41 Å². The second-order valence-corrected chi connectivity index (χ2v) is 5.04. The van der Waals surface area contributed by atoms with Crippen LogP contribution in [-0.2, 0) is 4.79 Å². The smallest absolute Gasteiger partial charge is 0.311 e. The molecule has 2 aliphatic rings. The first-order valence-electron chi connectivity index (χ1n) is 6.10. The minimum atomic E-state index is -0.965. The maximum absolute atomic E-state index is 12.1. The van der Waals surface area contributed by atoms with Gasteiger partial charge >= 0.3 is 5.97 Å². The van der Waals surface area contributed by atoms with E-state index < -0.39 is 23.2 Å². The first-order valence-corrected chi connectivity index (χ1v) is 6.10. The highest BCUT2D eigenvalue weighted by Crippen LogP contribution is 2.42. The van der Waals surface area contributed by atoms with E-state index in [4.69, 9.17) is 0 Å². The van der Waals surface area contributed by atoms with E-state index in [1.807, 2.05) is 0 Å². The molecule has 0 atom stereocenters. The Morgan fingerprint density at radius 3 is 2.63 bits per heavy atom. The summed E-state index contributed by atoms with van der Waals surface area (Å²) >= 11 is 0. The van der Waals surface area contributed by atoms with Gasteiger partial charge in [0.15, 0.2) is 0 Å². The van der Waals surface area contributed by atoms with Crippen LogP contribution in [0.2, 0.25) is 0 Å². The topological polar surface area (TPSA) is 87.6 Å². The fraction of sp³-hybridized carbons (Fsp3) is 0.385. The van der Waals surface area contributed by atoms with E-state index in [1.165, 1.54) is 12.3 Å². The molecule has 3 rings (SSSR count). The summed E-state index contributed by atoms with van der Waals surface area (Å²) in [5.41, 5.74) is -0.590.